The van der Waals surface area contributed by atoms with E-state index in [1.807, 2.05) is 31.2 Å². The first-order valence-electron chi connectivity index (χ1n) is 7.30. The monoisotopic (exact) mass is 332 g/mol. The van der Waals surface area contributed by atoms with Gasteiger partial charge in [0.1, 0.15) is 0 Å². The van der Waals surface area contributed by atoms with Gasteiger partial charge in [-0.25, -0.2) is 13.1 Å². The van der Waals surface area contributed by atoms with E-state index in [9.17, 15) is 13.2 Å². The smallest absolute Gasteiger partial charge is 0.240 e. The van der Waals surface area contributed by atoms with Crippen molar-refractivity contribution in [2.75, 3.05) is 12.4 Å². The van der Waals surface area contributed by atoms with Gasteiger partial charge in [0.25, 0.3) is 0 Å². The molecule has 0 fully saturated rings. The van der Waals surface area contributed by atoms with Crippen LogP contribution in [0.4, 0.5) is 5.69 Å². The maximum Gasteiger partial charge on any atom is 0.240 e. The molecule has 0 aliphatic carbocycles. The lowest BCUT2D eigenvalue weighted by Crippen LogP contribution is -2.18. The number of nitrogens with one attached hydrogen (secondary N) is 2. The molecule has 0 spiro atoms. The molecular weight excluding hydrogens is 312 g/mol. The molecular formula is C17H20N2O3S. The summed E-state index contributed by atoms with van der Waals surface area (Å²) < 4.78 is 25.5. The molecule has 0 aliphatic rings. The average Bonchev–Trinajstić information content (AvgIpc) is 2.53. The van der Waals surface area contributed by atoms with Crippen LogP contribution in [-0.4, -0.2) is 21.4 Å². The first-order chi connectivity index (χ1) is 10.9. The van der Waals surface area contributed by atoms with Crippen molar-refractivity contribution in [3.8, 4) is 0 Å². The van der Waals surface area contributed by atoms with Crippen LogP contribution < -0.4 is 10.0 Å². The van der Waals surface area contributed by atoms with Gasteiger partial charge in [-0.2, -0.15) is 0 Å². The molecule has 6 heteroatoms. The van der Waals surface area contributed by atoms with Crippen LogP contribution in [0.25, 0.3) is 0 Å². The Hall–Kier alpha value is -2.18. The lowest BCUT2D eigenvalue weighted by Gasteiger charge is -2.07. The molecule has 0 aromatic heterocycles. The zero-order valence-electron chi connectivity index (χ0n) is 13.2. The minimum atomic E-state index is -3.42. The number of aryl methyl sites for hydroxylation is 2. The van der Waals surface area contributed by atoms with Crippen molar-refractivity contribution >= 4 is 21.6 Å². The molecule has 0 saturated carbocycles. The second-order valence-corrected chi connectivity index (χ2v) is 7.16. The van der Waals surface area contributed by atoms with Crippen LogP contribution in [0, 0.1) is 6.92 Å². The fourth-order valence-electron chi connectivity index (χ4n) is 2.16. The Labute approximate surface area is 136 Å². The molecule has 5 nitrogen and oxygen atoms in total. The molecule has 2 aromatic carbocycles. The van der Waals surface area contributed by atoms with Gasteiger partial charge in [-0.15, -0.1) is 0 Å². The summed E-state index contributed by atoms with van der Waals surface area (Å²) >= 11 is 0. The highest BCUT2D eigenvalue weighted by Crippen LogP contribution is 2.13. The minimum Gasteiger partial charge on any atom is -0.326 e. The third kappa shape index (κ3) is 4.91. The number of benzene rings is 2. The molecule has 0 unspecified atom stereocenters. The van der Waals surface area contributed by atoms with Gasteiger partial charge in [0.15, 0.2) is 0 Å². The van der Waals surface area contributed by atoms with Crippen molar-refractivity contribution in [1.82, 2.24) is 4.72 Å². The van der Waals surface area contributed by atoms with E-state index in [1.165, 1.54) is 7.05 Å². The summed E-state index contributed by atoms with van der Waals surface area (Å²) in [5.74, 6) is -0.0671. The van der Waals surface area contributed by atoms with E-state index in [0.29, 0.717) is 12.8 Å². The van der Waals surface area contributed by atoms with Gasteiger partial charge < -0.3 is 5.32 Å². The molecule has 2 aromatic rings. The van der Waals surface area contributed by atoms with E-state index < -0.39 is 10.0 Å². The van der Waals surface area contributed by atoms with Gasteiger partial charge in [-0.3, -0.25) is 4.79 Å². The summed E-state index contributed by atoms with van der Waals surface area (Å²) in [6, 6.07) is 14.2. The Morgan fingerprint density at radius 3 is 2.39 bits per heavy atom. The zero-order chi connectivity index (χ0) is 16.9. The number of sulfonamides is 1. The Bertz CT molecular complexity index is 784. The SMILES string of the molecule is CNS(=O)(=O)c1ccc(CCC(=O)Nc2cccc(C)c2)cc1. The fraction of sp³-hybridized carbons (Fsp3) is 0.235. The molecule has 0 aliphatic heterocycles. The molecule has 0 atom stereocenters. The van der Waals surface area contributed by atoms with Crippen molar-refractivity contribution < 1.29 is 13.2 Å². The topological polar surface area (TPSA) is 75.3 Å². The van der Waals surface area contributed by atoms with Gasteiger partial charge in [-0.05, 0) is 55.8 Å². The van der Waals surface area contributed by atoms with E-state index in [4.69, 9.17) is 0 Å². The summed E-state index contributed by atoms with van der Waals surface area (Å²) in [6.07, 6.45) is 0.892. The number of rotatable bonds is 6. The molecule has 0 saturated heterocycles. The minimum absolute atomic E-state index is 0.0671. The van der Waals surface area contributed by atoms with Crippen LogP contribution >= 0.6 is 0 Å². The number of hydrogen-bond donors (Lipinski definition) is 2. The predicted octanol–water partition coefficient (Wildman–Crippen LogP) is 2.47. The van der Waals surface area contributed by atoms with E-state index >= 15 is 0 Å². The van der Waals surface area contributed by atoms with Gasteiger partial charge in [-0.1, -0.05) is 24.3 Å². The third-order valence-electron chi connectivity index (χ3n) is 3.44. The average molecular weight is 332 g/mol. The number of amides is 1. The Morgan fingerprint density at radius 2 is 1.78 bits per heavy atom. The van der Waals surface area contributed by atoms with Crippen molar-refractivity contribution in [3.05, 3.63) is 59.7 Å². The predicted molar refractivity (Wildman–Crippen MR) is 90.8 cm³/mol. The molecule has 122 valence electrons. The summed E-state index contributed by atoms with van der Waals surface area (Å²) in [5.41, 5.74) is 2.79. The third-order valence-corrected chi connectivity index (χ3v) is 4.88. The zero-order valence-corrected chi connectivity index (χ0v) is 14.0. The van der Waals surface area contributed by atoms with Gasteiger partial charge in [0.05, 0.1) is 4.90 Å². The molecule has 0 heterocycles. The number of hydrogen-bond acceptors (Lipinski definition) is 3. The van der Waals surface area contributed by atoms with Gasteiger partial charge in [0, 0.05) is 12.1 Å². The lowest BCUT2D eigenvalue weighted by molar-refractivity contribution is -0.116. The molecule has 2 N–H and O–H groups in total. The second kappa shape index (κ2) is 7.39. The van der Waals surface area contributed by atoms with E-state index in [0.717, 1.165) is 16.8 Å². The summed E-state index contributed by atoms with van der Waals surface area (Å²) in [4.78, 5) is 12.2. The first-order valence-corrected chi connectivity index (χ1v) is 8.78. The van der Waals surface area contributed by atoms with Crippen molar-refractivity contribution in [1.29, 1.82) is 0 Å². The highest BCUT2D eigenvalue weighted by Gasteiger charge is 2.10. The largest absolute Gasteiger partial charge is 0.326 e. The maximum atomic E-state index is 12.0. The summed E-state index contributed by atoms with van der Waals surface area (Å²) in [7, 11) is -2.05. The van der Waals surface area contributed by atoms with Crippen LogP contribution in [0.2, 0.25) is 0 Å². The summed E-state index contributed by atoms with van der Waals surface area (Å²) in [6.45, 7) is 1.97. The van der Waals surface area contributed by atoms with E-state index in [-0.39, 0.29) is 10.8 Å². The second-order valence-electron chi connectivity index (χ2n) is 5.27. The summed E-state index contributed by atoms with van der Waals surface area (Å²) in [5, 5.41) is 2.85. The molecule has 23 heavy (non-hydrogen) atoms. The maximum absolute atomic E-state index is 12.0. The first kappa shape index (κ1) is 17.2. The Kier molecular flexibility index (Phi) is 5.52. The molecule has 0 bridgehead atoms. The quantitative estimate of drug-likeness (QED) is 0.853. The van der Waals surface area contributed by atoms with Crippen molar-refractivity contribution in [3.63, 3.8) is 0 Å². The molecule has 1 amide bonds. The van der Waals surface area contributed by atoms with Crippen LogP contribution in [-0.2, 0) is 21.2 Å². The number of carbonyl (C=O) groups is 1. The standard InChI is InChI=1S/C17H20N2O3S/c1-13-4-3-5-15(12-13)19-17(20)11-8-14-6-9-16(10-7-14)23(21,22)18-2/h3-7,9-10,12,18H,8,11H2,1-2H3,(H,19,20). The van der Waals surface area contributed by atoms with Crippen LogP contribution in [0.15, 0.2) is 53.4 Å². The van der Waals surface area contributed by atoms with Crippen molar-refractivity contribution in [2.24, 2.45) is 0 Å². The highest BCUT2D eigenvalue weighted by atomic mass is 32.2. The van der Waals surface area contributed by atoms with Gasteiger partial charge >= 0.3 is 0 Å². The molecule has 0 radical (unpaired) electrons. The van der Waals surface area contributed by atoms with E-state index in [1.54, 1.807) is 24.3 Å². The van der Waals surface area contributed by atoms with E-state index in [2.05, 4.69) is 10.0 Å². The fourth-order valence-corrected chi connectivity index (χ4v) is 2.89. The Morgan fingerprint density at radius 1 is 1.09 bits per heavy atom. The van der Waals surface area contributed by atoms with Crippen molar-refractivity contribution in [2.45, 2.75) is 24.7 Å². The lowest BCUT2D eigenvalue weighted by atomic mass is 10.1. The molecule has 2 rings (SSSR count). The number of carbonyl (C=O) groups excluding carboxylic acids is 1. The van der Waals surface area contributed by atoms with Gasteiger partial charge in [0.2, 0.25) is 15.9 Å². The highest BCUT2D eigenvalue weighted by molar-refractivity contribution is 7.89. The number of anilines is 1. The normalized spacial score (nSPS) is 11.2. The van der Waals surface area contributed by atoms with Crippen LogP contribution in [0.1, 0.15) is 17.5 Å². The Balaban J connectivity index is 1.92. The van der Waals surface area contributed by atoms with Crippen LogP contribution in [0.3, 0.4) is 0 Å². The van der Waals surface area contributed by atoms with Crippen LogP contribution in [0.5, 0.6) is 0 Å².